The van der Waals surface area contributed by atoms with Gasteiger partial charge in [0.2, 0.25) is 0 Å². The van der Waals surface area contributed by atoms with E-state index in [0.717, 1.165) is 0 Å². The number of rotatable bonds is 1. The third-order valence-electron chi connectivity index (χ3n) is 1.82. The summed E-state index contributed by atoms with van der Waals surface area (Å²) in [6.45, 7) is 0. The lowest BCUT2D eigenvalue weighted by atomic mass is 10.3. The van der Waals surface area contributed by atoms with E-state index < -0.39 is 5.97 Å². The zero-order chi connectivity index (χ0) is 10.1. The number of fused-ring (bicyclic) bond motifs is 1. The number of hydrogen-bond acceptors (Lipinski definition) is 3. The van der Waals surface area contributed by atoms with Crippen LogP contribution in [0.15, 0.2) is 24.5 Å². The lowest BCUT2D eigenvalue weighted by molar-refractivity contribution is 0.0691. The predicted octanol–water partition coefficient (Wildman–Crippen LogP) is 0.904. The Bertz CT molecular complexity index is 551. The van der Waals surface area contributed by atoms with Crippen molar-refractivity contribution < 1.29 is 9.90 Å². The standard InChI is InChI=1S/C9H5N3O2/c10-4-6-2-1-3-12-5-7(9(13)14)11-8(6)12/h1-3,5H,(H,13,14). The van der Waals surface area contributed by atoms with Crippen molar-refractivity contribution in [1.82, 2.24) is 9.38 Å². The Hall–Kier alpha value is -2.35. The quantitative estimate of drug-likeness (QED) is 0.719. The highest BCUT2D eigenvalue weighted by Gasteiger charge is 2.10. The van der Waals surface area contributed by atoms with Gasteiger partial charge in [-0.2, -0.15) is 5.26 Å². The summed E-state index contributed by atoms with van der Waals surface area (Å²) in [5.41, 5.74) is 0.667. The van der Waals surface area contributed by atoms with E-state index in [2.05, 4.69) is 4.98 Å². The number of carboxylic acids is 1. The number of carbonyl (C=O) groups is 1. The molecule has 0 aliphatic rings. The van der Waals surface area contributed by atoms with Gasteiger partial charge in [-0.05, 0) is 12.1 Å². The van der Waals surface area contributed by atoms with Crippen molar-refractivity contribution in [3.8, 4) is 6.07 Å². The molecule has 1 N–H and O–H groups in total. The first-order valence-electron chi connectivity index (χ1n) is 3.83. The van der Waals surface area contributed by atoms with Crippen LogP contribution in [0.4, 0.5) is 0 Å². The van der Waals surface area contributed by atoms with Crippen LogP contribution in [-0.4, -0.2) is 20.5 Å². The van der Waals surface area contributed by atoms with Crippen molar-refractivity contribution in [3.05, 3.63) is 35.8 Å². The maximum atomic E-state index is 10.6. The summed E-state index contributed by atoms with van der Waals surface area (Å²) in [7, 11) is 0. The van der Waals surface area contributed by atoms with E-state index >= 15 is 0 Å². The maximum absolute atomic E-state index is 10.6. The van der Waals surface area contributed by atoms with Crippen molar-refractivity contribution in [2.45, 2.75) is 0 Å². The van der Waals surface area contributed by atoms with Crippen LogP contribution in [0.3, 0.4) is 0 Å². The van der Waals surface area contributed by atoms with Gasteiger partial charge in [0.15, 0.2) is 11.3 Å². The van der Waals surface area contributed by atoms with Crippen molar-refractivity contribution in [1.29, 1.82) is 5.26 Å². The molecule has 2 aromatic heterocycles. The van der Waals surface area contributed by atoms with Gasteiger partial charge >= 0.3 is 5.97 Å². The molecule has 0 aliphatic heterocycles. The number of pyridine rings is 1. The van der Waals surface area contributed by atoms with Gasteiger partial charge in [0, 0.05) is 12.4 Å². The number of aromatic nitrogens is 2. The Labute approximate surface area is 78.8 Å². The van der Waals surface area contributed by atoms with Gasteiger partial charge < -0.3 is 9.51 Å². The minimum Gasteiger partial charge on any atom is -0.476 e. The second-order valence-electron chi connectivity index (χ2n) is 2.70. The van der Waals surface area contributed by atoms with E-state index in [-0.39, 0.29) is 5.69 Å². The number of nitriles is 1. The third-order valence-corrected chi connectivity index (χ3v) is 1.82. The van der Waals surface area contributed by atoms with Gasteiger partial charge in [0.05, 0.1) is 5.56 Å². The zero-order valence-electron chi connectivity index (χ0n) is 7.01. The summed E-state index contributed by atoms with van der Waals surface area (Å²) in [4.78, 5) is 14.4. The average molecular weight is 187 g/mol. The Morgan fingerprint density at radius 1 is 1.64 bits per heavy atom. The molecule has 5 heteroatoms. The number of aromatic carboxylic acids is 1. The van der Waals surface area contributed by atoms with Crippen molar-refractivity contribution >= 4 is 11.6 Å². The molecule has 0 aromatic carbocycles. The summed E-state index contributed by atoms with van der Waals surface area (Å²) in [5, 5.41) is 17.4. The summed E-state index contributed by atoms with van der Waals surface area (Å²) in [6.07, 6.45) is 3.02. The Morgan fingerprint density at radius 3 is 3.07 bits per heavy atom. The van der Waals surface area contributed by atoms with E-state index in [0.29, 0.717) is 11.2 Å². The number of nitrogens with zero attached hydrogens (tertiary/aromatic N) is 3. The topological polar surface area (TPSA) is 78.4 Å². The molecule has 2 heterocycles. The lowest BCUT2D eigenvalue weighted by Crippen LogP contribution is -1.95. The van der Waals surface area contributed by atoms with Crippen LogP contribution in [0.25, 0.3) is 5.65 Å². The van der Waals surface area contributed by atoms with Crippen LogP contribution in [0.5, 0.6) is 0 Å². The molecular formula is C9H5N3O2. The largest absolute Gasteiger partial charge is 0.476 e. The Kier molecular flexibility index (Phi) is 1.68. The van der Waals surface area contributed by atoms with Gasteiger partial charge in [0.25, 0.3) is 0 Å². The monoisotopic (exact) mass is 187 g/mol. The van der Waals surface area contributed by atoms with Crippen LogP contribution < -0.4 is 0 Å². The van der Waals surface area contributed by atoms with Crippen LogP contribution in [0.2, 0.25) is 0 Å². The van der Waals surface area contributed by atoms with E-state index in [4.69, 9.17) is 10.4 Å². The van der Waals surface area contributed by atoms with Crippen molar-refractivity contribution in [3.63, 3.8) is 0 Å². The first-order valence-corrected chi connectivity index (χ1v) is 3.83. The highest BCUT2D eigenvalue weighted by atomic mass is 16.4. The molecule has 0 fully saturated rings. The molecule has 5 nitrogen and oxygen atoms in total. The fourth-order valence-electron chi connectivity index (χ4n) is 1.20. The molecule has 0 bridgehead atoms. The summed E-state index contributed by atoms with van der Waals surface area (Å²) in [5.74, 6) is -1.10. The number of hydrogen-bond donors (Lipinski definition) is 1. The normalized spacial score (nSPS) is 9.93. The van der Waals surface area contributed by atoms with Gasteiger partial charge in [-0.1, -0.05) is 0 Å². The number of carboxylic acid groups (broad SMARTS) is 1. The molecule has 0 radical (unpaired) electrons. The van der Waals surface area contributed by atoms with E-state index in [1.165, 1.54) is 10.6 Å². The number of imidazole rings is 1. The maximum Gasteiger partial charge on any atom is 0.356 e. The molecule has 0 atom stereocenters. The van der Waals surface area contributed by atoms with Gasteiger partial charge in [-0.3, -0.25) is 0 Å². The lowest BCUT2D eigenvalue weighted by Gasteiger charge is -1.91. The molecule has 0 amide bonds. The first kappa shape index (κ1) is 8.26. The molecule has 2 rings (SSSR count). The second kappa shape index (κ2) is 2.85. The molecule has 2 aromatic rings. The summed E-state index contributed by atoms with van der Waals surface area (Å²) in [6, 6.07) is 5.20. The van der Waals surface area contributed by atoms with E-state index in [9.17, 15) is 4.79 Å². The minimum atomic E-state index is -1.10. The predicted molar refractivity (Wildman–Crippen MR) is 46.9 cm³/mol. The van der Waals surface area contributed by atoms with Crippen molar-refractivity contribution in [2.75, 3.05) is 0 Å². The smallest absolute Gasteiger partial charge is 0.356 e. The fourth-order valence-corrected chi connectivity index (χ4v) is 1.20. The fraction of sp³-hybridized carbons (Fsp3) is 0. The summed E-state index contributed by atoms with van der Waals surface area (Å²) < 4.78 is 1.52. The molecular weight excluding hydrogens is 182 g/mol. The SMILES string of the molecule is N#Cc1cccn2cc(C(=O)O)nc12. The van der Waals surface area contributed by atoms with E-state index in [1.54, 1.807) is 18.3 Å². The van der Waals surface area contributed by atoms with Gasteiger partial charge in [-0.25, -0.2) is 9.78 Å². The average Bonchev–Trinajstić information content (AvgIpc) is 2.60. The molecule has 0 unspecified atom stereocenters. The van der Waals surface area contributed by atoms with Gasteiger partial charge in [0.1, 0.15) is 6.07 Å². The van der Waals surface area contributed by atoms with Crippen LogP contribution in [0.1, 0.15) is 16.1 Å². The first-order chi connectivity index (χ1) is 6.72. The molecule has 0 spiro atoms. The third kappa shape index (κ3) is 1.10. The van der Waals surface area contributed by atoms with Crippen LogP contribution in [0, 0.1) is 11.3 Å². The minimum absolute atomic E-state index is 0.0623. The van der Waals surface area contributed by atoms with E-state index in [1.807, 2.05) is 6.07 Å². The molecule has 14 heavy (non-hydrogen) atoms. The Morgan fingerprint density at radius 2 is 2.43 bits per heavy atom. The highest BCUT2D eigenvalue weighted by molar-refractivity contribution is 5.86. The second-order valence-corrected chi connectivity index (χ2v) is 2.70. The summed E-state index contributed by atoms with van der Waals surface area (Å²) >= 11 is 0. The van der Waals surface area contributed by atoms with Crippen LogP contribution >= 0.6 is 0 Å². The van der Waals surface area contributed by atoms with Gasteiger partial charge in [-0.15, -0.1) is 0 Å². The van der Waals surface area contributed by atoms with Crippen molar-refractivity contribution in [2.24, 2.45) is 0 Å². The Balaban J connectivity index is 2.78. The molecule has 0 aliphatic carbocycles. The molecule has 68 valence electrons. The molecule has 0 saturated heterocycles. The zero-order valence-corrected chi connectivity index (χ0v) is 7.01. The van der Waals surface area contributed by atoms with Crippen LogP contribution in [-0.2, 0) is 0 Å². The highest BCUT2D eigenvalue weighted by Crippen LogP contribution is 2.09. The molecule has 0 saturated carbocycles.